The zero-order valence-electron chi connectivity index (χ0n) is 12.4. The van der Waals surface area contributed by atoms with Crippen LogP contribution in [0.3, 0.4) is 0 Å². The maximum Gasteiger partial charge on any atom is 0.151 e. The fourth-order valence-electron chi connectivity index (χ4n) is 2.71. The molecule has 0 amide bonds. The normalized spacial score (nSPS) is 11.6. The molecule has 3 nitrogen and oxygen atoms in total. The van der Waals surface area contributed by atoms with E-state index >= 15 is 0 Å². The molecule has 0 aliphatic carbocycles. The molecule has 22 heavy (non-hydrogen) atoms. The van der Waals surface area contributed by atoms with Gasteiger partial charge in [0.1, 0.15) is 21.8 Å². The Kier molecular flexibility index (Phi) is 3.72. The third kappa shape index (κ3) is 2.41. The molecule has 0 atom stereocenters. The predicted octanol–water partition coefficient (Wildman–Crippen LogP) is 5.03. The number of pyridine rings is 1. The zero-order valence-corrected chi connectivity index (χ0v) is 13.9. The summed E-state index contributed by atoms with van der Waals surface area (Å²) in [6.45, 7) is 5.84. The van der Waals surface area contributed by atoms with E-state index in [-0.39, 0.29) is 6.04 Å². The summed E-state index contributed by atoms with van der Waals surface area (Å²) in [6.07, 6.45) is 1.12. The topological polar surface area (TPSA) is 30.7 Å². The van der Waals surface area contributed by atoms with Crippen molar-refractivity contribution in [1.29, 1.82) is 0 Å². The first kappa shape index (κ1) is 15.1. The van der Waals surface area contributed by atoms with Gasteiger partial charge in [-0.15, -0.1) is 0 Å². The molecular weight excluding hydrogens is 352 g/mol. The first-order valence-corrected chi connectivity index (χ1v) is 7.67. The van der Waals surface area contributed by atoms with E-state index in [1.165, 1.54) is 6.07 Å². The highest BCUT2D eigenvalue weighted by molar-refractivity contribution is 9.10. The summed E-state index contributed by atoms with van der Waals surface area (Å²) in [6, 6.07) is 4.75. The number of hydrogen-bond acceptors (Lipinski definition) is 2. The Labute approximate surface area is 135 Å². The molecule has 3 aromatic rings. The van der Waals surface area contributed by atoms with E-state index in [1.807, 2.05) is 25.3 Å². The van der Waals surface area contributed by atoms with Crippen LogP contribution in [0.1, 0.15) is 25.7 Å². The molecule has 114 valence electrons. The Morgan fingerprint density at radius 1 is 1.14 bits per heavy atom. The number of fused-ring (bicyclic) bond motifs is 1. The highest BCUT2D eigenvalue weighted by atomic mass is 79.9. The van der Waals surface area contributed by atoms with E-state index in [1.54, 1.807) is 12.1 Å². The highest BCUT2D eigenvalue weighted by Gasteiger charge is 2.17. The van der Waals surface area contributed by atoms with Crippen molar-refractivity contribution >= 4 is 27.0 Å². The van der Waals surface area contributed by atoms with Gasteiger partial charge >= 0.3 is 0 Å². The Morgan fingerprint density at radius 3 is 2.55 bits per heavy atom. The van der Waals surface area contributed by atoms with Crippen LogP contribution < -0.4 is 0 Å². The lowest BCUT2D eigenvalue weighted by Gasteiger charge is -2.12. The van der Waals surface area contributed by atoms with Crippen LogP contribution in [0.2, 0.25) is 0 Å². The Balaban J connectivity index is 2.32. The molecule has 3 rings (SSSR count). The van der Waals surface area contributed by atoms with E-state index in [2.05, 4.69) is 25.9 Å². The van der Waals surface area contributed by atoms with Crippen molar-refractivity contribution in [3.05, 3.63) is 46.5 Å². The van der Waals surface area contributed by atoms with E-state index in [0.29, 0.717) is 26.8 Å². The number of benzene rings is 1. The number of rotatable bonds is 2. The molecule has 0 aliphatic rings. The van der Waals surface area contributed by atoms with Crippen molar-refractivity contribution in [3.63, 3.8) is 0 Å². The Hall–Kier alpha value is -1.82. The largest absolute Gasteiger partial charge is 0.326 e. The number of halogens is 3. The fourth-order valence-corrected chi connectivity index (χ4v) is 3.04. The summed E-state index contributed by atoms with van der Waals surface area (Å²) < 4.78 is 30.9. The lowest BCUT2D eigenvalue weighted by molar-refractivity contribution is 0.600. The molecule has 0 bridgehead atoms. The summed E-state index contributed by atoms with van der Waals surface area (Å²) in [4.78, 5) is 8.11. The molecule has 0 fully saturated rings. The van der Waals surface area contributed by atoms with Gasteiger partial charge in [0.25, 0.3) is 0 Å². The molecule has 0 saturated carbocycles. The molecular formula is C16H14BrF2N3. The van der Waals surface area contributed by atoms with Crippen LogP contribution in [0.15, 0.2) is 29.0 Å². The number of imidazole rings is 1. The second-order valence-corrected chi connectivity index (χ2v) is 6.25. The van der Waals surface area contributed by atoms with Crippen molar-refractivity contribution in [1.82, 2.24) is 14.5 Å². The van der Waals surface area contributed by atoms with E-state index in [0.717, 1.165) is 12.0 Å². The first-order chi connectivity index (χ1) is 10.4. The van der Waals surface area contributed by atoms with Gasteiger partial charge in [-0.1, -0.05) is 0 Å². The minimum atomic E-state index is -0.491. The molecule has 2 heterocycles. The second kappa shape index (κ2) is 5.43. The van der Waals surface area contributed by atoms with Crippen molar-refractivity contribution in [2.75, 3.05) is 0 Å². The van der Waals surface area contributed by atoms with Crippen LogP contribution >= 0.6 is 15.9 Å². The zero-order chi connectivity index (χ0) is 16.0. The molecule has 2 aromatic heterocycles. The van der Waals surface area contributed by atoms with Gasteiger partial charge in [-0.05, 0) is 60.5 Å². The summed E-state index contributed by atoms with van der Waals surface area (Å²) in [5.74, 6) is -0.214. The molecule has 1 aromatic carbocycles. The SMILES string of the molecule is Cc1nc2c(F)cc(-c3cc(Br)ncc3F)cc2n1C(C)C. The minimum absolute atomic E-state index is 0.133. The smallest absolute Gasteiger partial charge is 0.151 e. The van der Waals surface area contributed by atoms with Crippen LogP contribution in [0.25, 0.3) is 22.2 Å². The molecule has 0 radical (unpaired) electrons. The van der Waals surface area contributed by atoms with Gasteiger partial charge in [-0.3, -0.25) is 0 Å². The van der Waals surface area contributed by atoms with Gasteiger partial charge in [-0.2, -0.15) is 0 Å². The molecule has 6 heteroatoms. The minimum Gasteiger partial charge on any atom is -0.326 e. The van der Waals surface area contributed by atoms with Crippen molar-refractivity contribution < 1.29 is 8.78 Å². The summed E-state index contributed by atoms with van der Waals surface area (Å²) in [5, 5.41) is 0. The fraction of sp³-hybridized carbons (Fsp3) is 0.250. The van der Waals surface area contributed by atoms with E-state index < -0.39 is 11.6 Å². The average molecular weight is 366 g/mol. The maximum absolute atomic E-state index is 14.4. The van der Waals surface area contributed by atoms with Crippen molar-refractivity contribution in [2.24, 2.45) is 0 Å². The van der Waals surface area contributed by atoms with Gasteiger partial charge in [0.05, 0.1) is 11.7 Å². The van der Waals surface area contributed by atoms with Crippen LogP contribution in [0.5, 0.6) is 0 Å². The van der Waals surface area contributed by atoms with Gasteiger partial charge < -0.3 is 4.57 Å². The van der Waals surface area contributed by atoms with Gasteiger partial charge in [0.15, 0.2) is 5.82 Å². The number of aromatic nitrogens is 3. The lowest BCUT2D eigenvalue weighted by Crippen LogP contribution is -2.02. The average Bonchev–Trinajstić information content (AvgIpc) is 2.78. The Morgan fingerprint density at radius 2 is 1.86 bits per heavy atom. The van der Waals surface area contributed by atoms with Crippen LogP contribution in [-0.2, 0) is 0 Å². The third-order valence-electron chi connectivity index (χ3n) is 3.57. The monoisotopic (exact) mass is 365 g/mol. The highest BCUT2D eigenvalue weighted by Crippen LogP contribution is 2.31. The van der Waals surface area contributed by atoms with E-state index in [9.17, 15) is 8.78 Å². The van der Waals surface area contributed by atoms with Crippen LogP contribution in [-0.4, -0.2) is 14.5 Å². The van der Waals surface area contributed by atoms with Crippen LogP contribution in [0, 0.1) is 18.6 Å². The predicted molar refractivity (Wildman–Crippen MR) is 85.7 cm³/mol. The van der Waals surface area contributed by atoms with Gasteiger partial charge in [0, 0.05) is 11.6 Å². The molecule has 0 unspecified atom stereocenters. The standard InChI is InChI=1S/C16H14BrF2N3/c1-8(2)22-9(3)21-16-12(18)4-10(5-14(16)22)11-6-15(17)20-7-13(11)19/h4-8H,1-3H3. The third-order valence-corrected chi connectivity index (χ3v) is 4.01. The second-order valence-electron chi connectivity index (χ2n) is 5.44. The molecule has 0 saturated heterocycles. The van der Waals surface area contributed by atoms with Gasteiger partial charge in [0.2, 0.25) is 0 Å². The van der Waals surface area contributed by atoms with Gasteiger partial charge in [-0.25, -0.2) is 18.7 Å². The lowest BCUT2D eigenvalue weighted by atomic mass is 10.1. The van der Waals surface area contributed by atoms with Crippen LogP contribution in [0.4, 0.5) is 8.78 Å². The molecule has 0 aliphatic heterocycles. The quantitative estimate of drug-likeness (QED) is 0.596. The molecule has 0 spiro atoms. The first-order valence-electron chi connectivity index (χ1n) is 6.88. The number of nitrogens with zero attached hydrogens (tertiary/aromatic N) is 3. The summed E-state index contributed by atoms with van der Waals surface area (Å²) in [5.41, 5.74) is 1.74. The number of hydrogen-bond donors (Lipinski definition) is 0. The molecule has 0 N–H and O–H groups in total. The van der Waals surface area contributed by atoms with Crippen molar-refractivity contribution in [2.45, 2.75) is 26.8 Å². The summed E-state index contributed by atoms with van der Waals surface area (Å²) >= 11 is 3.21. The van der Waals surface area contributed by atoms with Crippen molar-refractivity contribution in [3.8, 4) is 11.1 Å². The number of aryl methyl sites for hydroxylation is 1. The van der Waals surface area contributed by atoms with E-state index in [4.69, 9.17) is 0 Å². The summed E-state index contributed by atoms with van der Waals surface area (Å²) in [7, 11) is 0. The maximum atomic E-state index is 14.4. The Bertz CT molecular complexity index is 871.